The zero-order chi connectivity index (χ0) is 14.9. The molecule has 0 unspecified atom stereocenters. The Bertz CT molecular complexity index is 856. The number of anilines is 1. The van der Waals surface area contributed by atoms with E-state index >= 15 is 0 Å². The fraction of sp³-hybridized carbons (Fsp3) is 0.100. The fourth-order valence-corrected chi connectivity index (χ4v) is 3.79. The molecule has 11 heteroatoms. The number of nitrogen functional groups attached to an aromatic ring is 1. The predicted molar refractivity (Wildman–Crippen MR) is 76.9 cm³/mol. The van der Waals surface area contributed by atoms with Crippen LogP contribution in [0.25, 0.3) is 4.96 Å². The Balaban J connectivity index is 1.94. The highest BCUT2D eigenvalue weighted by molar-refractivity contribution is 7.89. The first-order chi connectivity index (χ1) is 10.1. The molecule has 0 saturated carbocycles. The second-order valence-electron chi connectivity index (χ2n) is 4.01. The van der Waals surface area contributed by atoms with Crippen molar-refractivity contribution >= 4 is 32.1 Å². The van der Waals surface area contributed by atoms with Crippen LogP contribution >= 0.6 is 11.3 Å². The normalized spacial score (nSPS) is 11.9. The van der Waals surface area contributed by atoms with Crippen molar-refractivity contribution in [2.75, 3.05) is 5.43 Å². The van der Waals surface area contributed by atoms with Gasteiger partial charge in [0, 0.05) is 17.8 Å². The van der Waals surface area contributed by atoms with Crippen LogP contribution in [0.1, 0.15) is 5.69 Å². The number of nitrogens with one attached hydrogen (secondary N) is 2. The van der Waals surface area contributed by atoms with Gasteiger partial charge in [-0.05, 0) is 12.1 Å². The summed E-state index contributed by atoms with van der Waals surface area (Å²) >= 11 is 1.31. The third kappa shape index (κ3) is 2.58. The van der Waals surface area contributed by atoms with E-state index in [2.05, 4.69) is 25.3 Å². The number of thiazole rings is 1. The van der Waals surface area contributed by atoms with Crippen LogP contribution < -0.4 is 16.0 Å². The zero-order valence-corrected chi connectivity index (χ0v) is 12.2. The van der Waals surface area contributed by atoms with E-state index in [9.17, 15) is 8.42 Å². The maximum absolute atomic E-state index is 12.4. The number of fused-ring (bicyclic) bond motifs is 1. The molecule has 110 valence electrons. The number of nitrogens with zero attached hydrogens (tertiary/aromatic N) is 4. The molecule has 0 aliphatic rings. The van der Waals surface area contributed by atoms with Crippen molar-refractivity contribution in [3.05, 3.63) is 35.6 Å². The molecule has 0 radical (unpaired) electrons. The molecule has 3 aromatic heterocycles. The molecule has 21 heavy (non-hydrogen) atoms. The van der Waals surface area contributed by atoms with Gasteiger partial charge in [0.1, 0.15) is 0 Å². The molecule has 9 nitrogen and oxygen atoms in total. The quantitative estimate of drug-likeness (QED) is 0.443. The summed E-state index contributed by atoms with van der Waals surface area (Å²) in [7, 11) is -3.81. The topological polar surface area (TPSA) is 127 Å². The van der Waals surface area contributed by atoms with Crippen molar-refractivity contribution in [2.24, 2.45) is 5.84 Å². The van der Waals surface area contributed by atoms with Gasteiger partial charge in [0.25, 0.3) is 10.0 Å². The first-order valence-electron chi connectivity index (χ1n) is 5.80. The molecule has 0 saturated heterocycles. The second kappa shape index (κ2) is 5.37. The standard InChI is InChI=1S/C10H11N7O2S2/c11-15-8-9(17-4-5-20-10(17)14-8)21(18,19)13-6-7-2-1-3-12-16-7/h1-5,13,15H,6,11H2. The van der Waals surface area contributed by atoms with Crippen molar-refractivity contribution in [1.29, 1.82) is 0 Å². The number of hydrogen-bond acceptors (Lipinski definition) is 8. The number of rotatable bonds is 5. The van der Waals surface area contributed by atoms with Crippen molar-refractivity contribution in [3.63, 3.8) is 0 Å². The zero-order valence-electron chi connectivity index (χ0n) is 10.6. The van der Waals surface area contributed by atoms with Gasteiger partial charge in [0.15, 0.2) is 10.8 Å². The molecular weight excluding hydrogens is 314 g/mol. The monoisotopic (exact) mass is 325 g/mol. The molecule has 0 aliphatic heterocycles. The van der Waals surface area contributed by atoms with Crippen LogP contribution in [0.4, 0.5) is 5.82 Å². The van der Waals surface area contributed by atoms with Gasteiger partial charge in [-0.15, -0.1) is 11.3 Å². The van der Waals surface area contributed by atoms with Gasteiger partial charge in [-0.3, -0.25) is 4.40 Å². The summed E-state index contributed by atoms with van der Waals surface area (Å²) in [5.41, 5.74) is 2.81. The van der Waals surface area contributed by atoms with E-state index in [4.69, 9.17) is 5.84 Å². The van der Waals surface area contributed by atoms with Crippen molar-refractivity contribution in [1.82, 2.24) is 24.3 Å². The fourth-order valence-electron chi connectivity index (χ4n) is 1.78. The van der Waals surface area contributed by atoms with Gasteiger partial charge in [-0.1, -0.05) is 0 Å². The molecule has 0 atom stereocenters. The number of aromatic nitrogens is 4. The Labute approximate surface area is 123 Å². The molecule has 3 aromatic rings. The van der Waals surface area contributed by atoms with E-state index in [1.54, 1.807) is 23.7 Å². The molecule has 0 aliphatic carbocycles. The van der Waals surface area contributed by atoms with E-state index < -0.39 is 10.0 Å². The van der Waals surface area contributed by atoms with Crippen LogP contribution in [-0.2, 0) is 16.6 Å². The first kappa shape index (κ1) is 13.9. The SMILES string of the molecule is NNc1nc2sccn2c1S(=O)(=O)NCc1cccnn1. The molecule has 3 heterocycles. The third-order valence-corrected chi connectivity index (χ3v) is 4.86. The molecule has 0 bridgehead atoms. The lowest BCUT2D eigenvalue weighted by atomic mass is 10.4. The Kier molecular flexibility index (Phi) is 3.55. The second-order valence-corrected chi connectivity index (χ2v) is 6.56. The lowest BCUT2D eigenvalue weighted by molar-refractivity contribution is 0.575. The van der Waals surface area contributed by atoms with Gasteiger partial charge in [-0.25, -0.2) is 19.0 Å². The maximum atomic E-state index is 12.4. The van der Waals surface area contributed by atoms with E-state index in [0.29, 0.717) is 10.7 Å². The number of imidazole rings is 1. The number of nitrogens with two attached hydrogens (primary N) is 1. The van der Waals surface area contributed by atoms with Crippen LogP contribution in [0, 0.1) is 0 Å². The minimum absolute atomic E-state index is 0.0254. The minimum Gasteiger partial charge on any atom is -0.306 e. The summed E-state index contributed by atoms with van der Waals surface area (Å²) in [5, 5.41) is 9.21. The van der Waals surface area contributed by atoms with Gasteiger partial charge < -0.3 is 5.43 Å². The number of hydrogen-bond donors (Lipinski definition) is 3. The first-order valence-corrected chi connectivity index (χ1v) is 8.16. The summed E-state index contributed by atoms with van der Waals surface area (Å²) in [6, 6.07) is 3.35. The summed E-state index contributed by atoms with van der Waals surface area (Å²) in [5.74, 6) is 5.43. The van der Waals surface area contributed by atoms with Crippen LogP contribution in [0.15, 0.2) is 34.9 Å². The molecular formula is C10H11N7O2S2. The number of hydrazine groups is 1. The Hall–Kier alpha value is -2.08. The largest absolute Gasteiger partial charge is 0.306 e. The number of sulfonamides is 1. The van der Waals surface area contributed by atoms with E-state index in [1.165, 1.54) is 21.9 Å². The van der Waals surface area contributed by atoms with Crippen LogP contribution in [0.3, 0.4) is 0 Å². The Morgan fingerprint density at radius 2 is 2.29 bits per heavy atom. The van der Waals surface area contributed by atoms with Crippen LogP contribution in [0.2, 0.25) is 0 Å². The van der Waals surface area contributed by atoms with Gasteiger partial charge in [-0.2, -0.15) is 15.2 Å². The smallest absolute Gasteiger partial charge is 0.260 e. The Morgan fingerprint density at radius 3 is 3.00 bits per heavy atom. The van der Waals surface area contributed by atoms with E-state index in [-0.39, 0.29) is 17.4 Å². The summed E-state index contributed by atoms with van der Waals surface area (Å²) in [6.45, 7) is 0.0254. The molecule has 0 amide bonds. The van der Waals surface area contributed by atoms with Crippen molar-refractivity contribution in [2.45, 2.75) is 11.6 Å². The molecule has 4 N–H and O–H groups in total. The van der Waals surface area contributed by atoms with Gasteiger partial charge in [0.05, 0.1) is 12.2 Å². The lowest BCUT2D eigenvalue weighted by Crippen LogP contribution is -2.26. The average Bonchev–Trinajstić information content (AvgIpc) is 3.06. The molecule has 3 rings (SSSR count). The van der Waals surface area contributed by atoms with E-state index in [0.717, 1.165) is 0 Å². The maximum Gasteiger partial charge on any atom is 0.260 e. The molecule has 0 fully saturated rings. The summed E-state index contributed by atoms with van der Waals surface area (Å²) in [4.78, 5) is 4.64. The van der Waals surface area contributed by atoms with Crippen molar-refractivity contribution in [3.8, 4) is 0 Å². The van der Waals surface area contributed by atoms with E-state index in [1.807, 2.05) is 0 Å². The minimum atomic E-state index is -3.81. The highest BCUT2D eigenvalue weighted by Crippen LogP contribution is 2.24. The highest BCUT2D eigenvalue weighted by Gasteiger charge is 2.25. The molecule has 0 aromatic carbocycles. The average molecular weight is 325 g/mol. The summed E-state index contributed by atoms with van der Waals surface area (Å²) < 4.78 is 28.8. The predicted octanol–water partition coefficient (Wildman–Crippen LogP) is -0.0501. The van der Waals surface area contributed by atoms with Crippen molar-refractivity contribution < 1.29 is 8.42 Å². The molecule has 0 spiro atoms. The van der Waals surface area contributed by atoms with Gasteiger partial charge >= 0.3 is 0 Å². The lowest BCUT2D eigenvalue weighted by Gasteiger charge is -2.06. The van der Waals surface area contributed by atoms with Gasteiger partial charge in [0.2, 0.25) is 5.03 Å². The summed E-state index contributed by atoms with van der Waals surface area (Å²) in [6.07, 6.45) is 3.13. The van der Waals surface area contributed by atoms with Crippen LogP contribution in [-0.4, -0.2) is 28.0 Å². The highest BCUT2D eigenvalue weighted by atomic mass is 32.2. The van der Waals surface area contributed by atoms with Crippen LogP contribution in [0.5, 0.6) is 0 Å². The Morgan fingerprint density at radius 1 is 1.43 bits per heavy atom. The third-order valence-electron chi connectivity index (χ3n) is 2.68.